The number of aliphatic hydroxyl groups excluding tert-OH is 5. The van der Waals surface area contributed by atoms with E-state index in [-0.39, 0.29) is 87.4 Å². The molecule has 2 aliphatic heterocycles. The Morgan fingerprint density at radius 1 is 0.472 bits per heavy atom. The highest BCUT2D eigenvalue weighted by Gasteiger charge is 2.51. The number of aliphatic hydroxyl groups is 5. The molecule has 11 atom stereocenters. The van der Waals surface area contributed by atoms with Gasteiger partial charge in [0.25, 0.3) is 5.92 Å². The molecule has 0 bridgehead atoms. The standard InChI is InChI=1S/2C29H37F3N8O3.C28H34ClF2N7O/c2*1-28(2,3)16-5-6-18-19(10-16)38-21(37-18)7-4-15-8-17(9-15)39(12-29(30,31)32)11-20-23(41)24(42)27(43-20)40-14-36-22-25(33)34-13-35-26(22)40;1-28(30,31)19-11-21-22(12-20(19)29)36-25(35-21)4-3-15-7-17(8-15)37(2)13-16-9-23(24(39)10-16)38-6-5-18-26(32)33-14-34-27(18)38/h2*5-6,10,13-15,17,20,23-24,27,41-42H,4,7-9,11-12H2,1-3H3,(H,37,38)(H2,33,34,35);5-6,11-12,14-17,23-24,39H,3-4,7-10,13H2,1-2H3,(H,35,36)(H2,32,33,34)/t2*15?,17?,20-,23-,24-,27-;15?,16-,17?,23+,24+/m110/s1. The predicted molar refractivity (Wildman–Crippen MR) is 454 cm³/mol. The van der Waals surface area contributed by atoms with Gasteiger partial charge < -0.3 is 76.6 Å². The van der Waals surface area contributed by atoms with Crippen LogP contribution in [0.15, 0.2) is 92.4 Å². The number of nitrogens with zero attached hydrogens (tertiary/aromatic N) is 17. The maximum atomic E-state index is 13.8. The van der Waals surface area contributed by atoms with Crippen molar-refractivity contribution in [2.75, 3.05) is 57.0 Å². The van der Waals surface area contributed by atoms with E-state index < -0.39 is 86.5 Å². The van der Waals surface area contributed by atoms with Crippen molar-refractivity contribution in [1.29, 1.82) is 0 Å². The normalized spacial score (nSPS) is 26.3. The van der Waals surface area contributed by atoms with Gasteiger partial charge in [-0.05, 0) is 166 Å². The minimum absolute atomic E-state index is 0.0114. The summed E-state index contributed by atoms with van der Waals surface area (Å²) < 4.78 is 126. The van der Waals surface area contributed by atoms with E-state index in [9.17, 15) is 60.7 Å². The minimum atomic E-state index is -4.43. The van der Waals surface area contributed by atoms with E-state index in [0.29, 0.717) is 84.3 Å². The molecule has 18 rings (SSSR count). The summed E-state index contributed by atoms with van der Waals surface area (Å²) in [7, 11) is 2.18. The smallest absolute Gasteiger partial charge is 0.391 e. The molecule has 12 aromatic rings. The van der Waals surface area contributed by atoms with Crippen LogP contribution in [0, 0.1) is 23.7 Å². The van der Waals surface area contributed by atoms with Gasteiger partial charge in [0.1, 0.15) is 95.6 Å². The Morgan fingerprint density at radius 3 is 1.34 bits per heavy atom. The van der Waals surface area contributed by atoms with Crippen molar-refractivity contribution < 1.29 is 70.1 Å². The Hall–Kier alpha value is -9.48. The molecule has 39 heteroatoms. The molecule has 30 nitrogen and oxygen atoms in total. The van der Waals surface area contributed by atoms with Crippen LogP contribution < -0.4 is 17.2 Å². The van der Waals surface area contributed by atoms with Crippen LogP contribution in [0.1, 0.15) is 172 Å². The van der Waals surface area contributed by atoms with Gasteiger partial charge in [0.05, 0.1) is 81.4 Å². The maximum absolute atomic E-state index is 13.8. The van der Waals surface area contributed by atoms with Crippen LogP contribution in [0.4, 0.5) is 52.6 Å². The third kappa shape index (κ3) is 19.5. The predicted octanol–water partition coefficient (Wildman–Crippen LogP) is 12.3. The fraction of sp³-hybridized carbons (Fsp3) is 0.570. The third-order valence-corrected chi connectivity index (χ3v) is 26.5. The van der Waals surface area contributed by atoms with Crippen molar-refractivity contribution in [3.8, 4) is 0 Å². The Morgan fingerprint density at radius 2 is 0.896 bits per heavy atom. The molecule has 3 aromatic carbocycles. The summed E-state index contributed by atoms with van der Waals surface area (Å²) in [5, 5.41) is 54.8. The van der Waals surface area contributed by atoms with Gasteiger partial charge in [0.2, 0.25) is 0 Å². The van der Waals surface area contributed by atoms with Crippen LogP contribution >= 0.6 is 11.6 Å². The number of hydrogen-bond acceptors (Lipinski definition) is 24. The van der Waals surface area contributed by atoms with Crippen LogP contribution in [-0.4, -0.2) is 237 Å². The Balaban J connectivity index is 0.000000139. The molecule has 2 saturated heterocycles. The lowest BCUT2D eigenvalue weighted by atomic mass is 9.76. The quantitative estimate of drug-likeness (QED) is 0.0250. The van der Waals surface area contributed by atoms with E-state index in [4.69, 9.17) is 48.2 Å². The van der Waals surface area contributed by atoms with Crippen LogP contribution in [0.25, 0.3) is 66.5 Å². The van der Waals surface area contributed by atoms with E-state index in [0.717, 1.165) is 115 Å². The Bertz CT molecular complexity index is 5550. The first-order valence-corrected chi connectivity index (χ1v) is 43.0. The summed E-state index contributed by atoms with van der Waals surface area (Å²) in [6, 6.07) is 17.2. The number of rotatable bonds is 24. The summed E-state index contributed by atoms with van der Waals surface area (Å²) >= 11 is 6.07. The van der Waals surface area contributed by atoms with Gasteiger partial charge in [-0.25, -0.2) is 63.6 Å². The first-order valence-electron chi connectivity index (χ1n) is 42.6. The first kappa shape index (κ1) is 88.9. The first-order chi connectivity index (χ1) is 59.1. The molecule has 672 valence electrons. The van der Waals surface area contributed by atoms with Gasteiger partial charge in [-0.1, -0.05) is 65.3 Å². The number of nitrogen functional groups attached to an aromatic ring is 3. The molecule has 0 spiro atoms. The monoisotopic (exact) mass is 1760 g/mol. The highest BCUT2D eigenvalue weighted by Crippen LogP contribution is 2.45. The summed E-state index contributed by atoms with van der Waals surface area (Å²) in [6.45, 7) is 12.1. The molecule has 14 N–H and O–H groups in total. The molecule has 9 aromatic heterocycles. The molecule has 0 amide bonds. The number of benzene rings is 3. The van der Waals surface area contributed by atoms with Crippen molar-refractivity contribution in [2.24, 2.45) is 23.7 Å². The van der Waals surface area contributed by atoms with Crippen molar-refractivity contribution >= 4 is 95.5 Å². The summed E-state index contributed by atoms with van der Waals surface area (Å²) in [5.41, 5.74) is 26.9. The largest absolute Gasteiger partial charge is 0.401 e. The topological polar surface area (TPSA) is 411 Å². The molecule has 125 heavy (non-hydrogen) atoms. The highest BCUT2D eigenvalue weighted by molar-refractivity contribution is 6.32. The number of aryl methyl sites for hydroxylation is 3. The average molecular weight is 1760 g/mol. The minimum Gasteiger partial charge on any atom is -0.391 e. The van der Waals surface area contributed by atoms with Gasteiger partial charge >= 0.3 is 12.4 Å². The molecule has 4 saturated carbocycles. The van der Waals surface area contributed by atoms with Gasteiger partial charge in [-0.3, -0.25) is 18.9 Å². The third-order valence-electron chi connectivity index (χ3n) is 26.2. The van der Waals surface area contributed by atoms with E-state index >= 15 is 0 Å². The van der Waals surface area contributed by atoms with Crippen molar-refractivity contribution in [2.45, 2.75) is 247 Å². The zero-order valence-electron chi connectivity index (χ0n) is 70.7. The van der Waals surface area contributed by atoms with Crippen LogP contribution in [0.3, 0.4) is 0 Å². The molecule has 6 fully saturated rings. The Kier molecular flexibility index (Phi) is 24.9. The molecule has 0 unspecified atom stereocenters. The maximum Gasteiger partial charge on any atom is 0.401 e. The number of H-pyrrole nitrogens is 3. The van der Waals surface area contributed by atoms with Crippen molar-refractivity contribution in [3.63, 3.8) is 0 Å². The van der Waals surface area contributed by atoms with E-state index in [1.165, 1.54) is 73.8 Å². The van der Waals surface area contributed by atoms with Crippen LogP contribution in [0.5, 0.6) is 0 Å². The summed E-state index contributed by atoms with van der Waals surface area (Å²) in [5.74, 6) is 1.84. The van der Waals surface area contributed by atoms with Crippen LogP contribution in [-0.2, 0) is 45.5 Å². The zero-order chi connectivity index (χ0) is 88.8. The van der Waals surface area contributed by atoms with Gasteiger partial charge in [-0.2, -0.15) is 26.3 Å². The highest BCUT2D eigenvalue weighted by atomic mass is 35.5. The molecular formula is C86H108ClF8N23O7. The van der Waals surface area contributed by atoms with Gasteiger partial charge in [0.15, 0.2) is 35.4 Å². The zero-order valence-corrected chi connectivity index (χ0v) is 71.5. The number of imidazole rings is 5. The number of fused-ring (bicyclic) bond motifs is 6. The molecule has 4 aliphatic carbocycles. The number of anilines is 3. The number of alkyl halides is 8. The second-order valence-corrected chi connectivity index (χ2v) is 37.7. The molecule has 6 aliphatic rings. The lowest BCUT2D eigenvalue weighted by molar-refractivity contribution is -0.164. The van der Waals surface area contributed by atoms with Crippen molar-refractivity contribution in [1.82, 2.24) is 98.2 Å². The second kappa shape index (κ2) is 34.9. The fourth-order valence-corrected chi connectivity index (χ4v) is 19.2. The summed E-state index contributed by atoms with van der Waals surface area (Å²) in [4.78, 5) is 61.9. The van der Waals surface area contributed by atoms with E-state index in [1.54, 1.807) is 0 Å². The number of halogens is 9. The molecular weight excluding hydrogens is 1650 g/mol. The van der Waals surface area contributed by atoms with E-state index in [1.807, 2.05) is 24.4 Å². The lowest BCUT2D eigenvalue weighted by Crippen LogP contribution is -2.52. The molecule has 11 heterocycles. The van der Waals surface area contributed by atoms with Gasteiger partial charge in [0, 0.05) is 75.7 Å². The molecule has 0 radical (unpaired) electrons. The number of aromatic nitrogens is 17. The SMILES string of the molecule is CC(C)(C)c1ccc2nc(CCC3CC(N(C[C@H]4O[C@@H](n5cnc6c(N)ncnc65)[C@H](O)[C@@H]4O)CC(F)(F)F)C3)[nH]c2c1.CC(C)(C)c1ccc2nc(CCC3CC(N(C[C@H]4O[C@@H](n5cnc6c(N)ncnc65)[C@H](O)[C@@H]4O)CC(F)(F)F)C3)[nH]c2c1.CN(C[C@@H]1C[C@@H](O)[C@H](n2ccc3c(N)ncnc32)C1)C1CC(CCc2nc3cc(Cl)c(C(C)(F)F)cc3[nH]2)C1. The number of aromatic amines is 3. The number of nitrogens with two attached hydrogens (primary N) is 3. The van der Waals surface area contributed by atoms with Crippen LogP contribution in [0.2, 0.25) is 5.02 Å². The number of nitrogens with one attached hydrogen (secondary N) is 3. The second-order valence-electron chi connectivity index (χ2n) is 37.3. The van der Waals surface area contributed by atoms with Gasteiger partial charge in [-0.15, -0.1) is 0 Å². The number of ether oxygens (including phenoxy) is 2. The average Bonchev–Trinajstić information content (AvgIpc) is 1.64. The summed E-state index contributed by atoms with van der Waals surface area (Å²) in [6.07, 6.45) is 0.605. The fourth-order valence-electron chi connectivity index (χ4n) is 18.9. The number of hydrogen-bond donors (Lipinski definition) is 11. The Labute approximate surface area is 719 Å². The van der Waals surface area contributed by atoms with Crippen molar-refractivity contribution in [3.05, 3.63) is 132 Å². The lowest BCUT2D eigenvalue weighted by Gasteiger charge is -2.44. The van der Waals surface area contributed by atoms with E-state index in [2.05, 4.69) is 142 Å².